The summed E-state index contributed by atoms with van der Waals surface area (Å²) in [4.78, 5) is 52.2. The van der Waals surface area contributed by atoms with E-state index in [0.29, 0.717) is 55.4 Å². The number of carboxylic acids is 1. The van der Waals surface area contributed by atoms with Crippen LogP contribution in [0.25, 0.3) is 12.2 Å². The molecule has 2 amide bonds. The molecule has 13 nitrogen and oxygen atoms in total. The zero-order chi connectivity index (χ0) is 51.8. The quantitative estimate of drug-likeness (QED) is 0.0917. The van der Waals surface area contributed by atoms with Gasteiger partial charge in [0.1, 0.15) is 28.9 Å². The predicted octanol–water partition coefficient (Wildman–Crippen LogP) is 9.31. The molecule has 392 valence electrons. The van der Waals surface area contributed by atoms with E-state index < -0.39 is 34.8 Å². The molecule has 4 saturated heterocycles. The molecule has 19 heteroatoms. The average Bonchev–Trinajstić information content (AvgIpc) is 4.10. The molecule has 0 bridgehead atoms. The van der Waals surface area contributed by atoms with Crippen LogP contribution < -0.4 is 0 Å². The van der Waals surface area contributed by atoms with Gasteiger partial charge in [-0.15, -0.1) is 22.7 Å². The number of carbonyl (C=O) groups is 3. The van der Waals surface area contributed by atoms with E-state index in [9.17, 15) is 42.2 Å². The van der Waals surface area contributed by atoms with Gasteiger partial charge in [0.25, 0.3) is 0 Å². The maximum atomic E-state index is 13.3. The Morgan fingerprint density at radius 2 is 1.01 bits per heavy atom. The second-order valence-corrected chi connectivity index (χ2v) is 21.6. The van der Waals surface area contributed by atoms with Gasteiger partial charge in [0, 0.05) is 97.5 Å². The molecule has 2 aromatic carbocycles. The van der Waals surface area contributed by atoms with Crippen molar-refractivity contribution < 1.29 is 52.0 Å². The molecule has 2 atom stereocenters. The number of thiazole rings is 2. The van der Waals surface area contributed by atoms with Crippen LogP contribution in [0.2, 0.25) is 0 Å². The van der Waals surface area contributed by atoms with Crippen molar-refractivity contribution in [3.05, 3.63) is 116 Å². The van der Waals surface area contributed by atoms with E-state index in [4.69, 9.17) is 9.84 Å². The number of halogens is 4. The number of aliphatic hydroxyl groups excluding tert-OH is 2. The molecule has 0 radical (unpaired) electrons. The molecular formula is C53H68F4N6O7S2. The number of nitrogens with zero attached hydrogens (tertiary/aromatic N) is 6. The maximum absolute atomic E-state index is 13.3. The lowest BCUT2D eigenvalue weighted by atomic mass is 9.86. The highest BCUT2D eigenvalue weighted by Gasteiger charge is 2.36. The fourth-order valence-corrected chi connectivity index (χ4v) is 11.7. The molecule has 4 aromatic rings. The second kappa shape index (κ2) is 27.3. The first-order chi connectivity index (χ1) is 34.5. The number of hydrogen-bond acceptors (Lipinski definition) is 12. The molecule has 4 aliphatic rings. The first kappa shape index (κ1) is 56.2. The van der Waals surface area contributed by atoms with Crippen LogP contribution in [0.3, 0.4) is 0 Å². The van der Waals surface area contributed by atoms with Gasteiger partial charge in [-0.05, 0) is 158 Å². The van der Waals surface area contributed by atoms with Crippen LogP contribution >= 0.6 is 22.7 Å². The van der Waals surface area contributed by atoms with Gasteiger partial charge in [0.15, 0.2) is 0 Å². The van der Waals surface area contributed by atoms with Gasteiger partial charge in [-0.1, -0.05) is 0 Å². The first-order valence-electron chi connectivity index (χ1n) is 24.7. The van der Waals surface area contributed by atoms with E-state index in [0.717, 1.165) is 114 Å². The third kappa shape index (κ3) is 17.3. The highest BCUT2D eigenvalue weighted by Crippen LogP contribution is 2.35. The van der Waals surface area contributed by atoms with Crippen molar-refractivity contribution in [3.63, 3.8) is 0 Å². The number of carboxylic acid groups (broad SMARTS) is 1. The summed E-state index contributed by atoms with van der Waals surface area (Å²) in [5.74, 6) is -2.24. The zero-order valence-corrected chi connectivity index (χ0v) is 42.9. The molecule has 4 fully saturated rings. The van der Waals surface area contributed by atoms with Crippen molar-refractivity contribution in [1.82, 2.24) is 29.6 Å². The van der Waals surface area contributed by atoms with Crippen molar-refractivity contribution in [2.75, 3.05) is 65.6 Å². The highest BCUT2D eigenvalue weighted by molar-refractivity contribution is 7.09. The average molecular weight is 1040 g/mol. The minimum Gasteiger partial charge on any atom is -0.478 e. The van der Waals surface area contributed by atoms with Gasteiger partial charge >= 0.3 is 12.1 Å². The maximum Gasteiger partial charge on any atom is 0.410 e. The molecule has 2 unspecified atom stereocenters. The Labute approximate surface area is 427 Å². The van der Waals surface area contributed by atoms with Crippen molar-refractivity contribution in [1.29, 1.82) is 0 Å². The monoisotopic (exact) mass is 1040 g/mol. The van der Waals surface area contributed by atoms with Gasteiger partial charge < -0.3 is 29.9 Å². The van der Waals surface area contributed by atoms with Crippen LogP contribution in [0, 0.1) is 35.1 Å². The van der Waals surface area contributed by atoms with E-state index in [1.165, 1.54) is 34.3 Å². The Hall–Kier alpha value is -5.05. The van der Waals surface area contributed by atoms with Gasteiger partial charge in [-0.25, -0.2) is 37.1 Å². The Bertz CT molecular complexity index is 2330. The van der Waals surface area contributed by atoms with E-state index in [1.54, 1.807) is 27.6 Å². The van der Waals surface area contributed by atoms with E-state index in [1.807, 2.05) is 43.4 Å². The van der Waals surface area contributed by atoms with Crippen LogP contribution in [0.15, 0.2) is 71.7 Å². The summed E-state index contributed by atoms with van der Waals surface area (Å²) in [6.45, 7) is 12.6. The summed E-state index contributed by atoms with van der Waals surface area (Å²) in [7, 11) is 0. The molecule has 2 aromatic heterocycles. The molecule has 6 heterocycles. The highest BCUT2D eigenvalue weighted by atomic mass is 32.1. The van der Waals surface area contributed by atoms with Crippen LogP contribution in [-0.4, -0.2) is 146 Å². The molecular weight excluding hydrogens is 973 g/mol. The summed E-state index contributed by atoms with van der Waals surface area (Å²) < 4.78 is 57.2. The summed E-state index contributed by atoms with van der Waals surface area (Å²) in [6.07, 6.45) is 16.2. The lowest BCUT2D eigenvalue weighted by Crippen LogP contribution is -2.51. The fraction of sp³-hybridized carbons (Fsp3) is 0.528. The molecule has 72 heavy (non-hydrogen) atoms. The Morgan fingerprint density at radius 1 is 0.625 bits per heavy atom. The van der Waals surface area contributed by atoms with Crippen LogP contribution in [0.4, 0.5) is 22.4 Å². The summed E-state index contributed by atoms with van der Waals surface area (Å²) in [5.41, 5.74) is 0.0516. The number of carbonyl (C=O) groups excluding carboxylic acids is 2. The third-order valence-corrected chi connectivity index (χ3v) is 15.6. The molecule has 0 aliphatic carbocycles. The number of piperidine rings is 4. The molecule has 0 spiro atoms. The van der Waals surface area contributed by atoms with Crippen LogP contribution in [0.5, 0.6) is 0 Å². The standard InChI is InChI=1S/C24H29F2N3O2S.C20H33N3O3S.C9H6F2O2/c25-20-13-17(14-21(26)15-20)1-2-23(31)29-10-3-18(4-11-29)22(16-30)28-8-5-19(6-9-28)24-27-7-12-32-24;1-20(2,3)26-19(25)23-11-4-15(5-12-23)17(14-24)22-9-6-16(7-10-22)18-21-8-13-27-18;10-7-3-6(1-2-9(12)13)4-8(11)5-7/h1-2,7,12-15,18-19,22,30H,3-6,8-11,16H2;8,13,15-17,24H,4-7,9-12,14H2,1-3H3;1-5H,(H,12,13)/b2-1+;;2-1+. The van der Waals surface area contributed by atoms with Crippen LogP contribution in [0.1, 0.15) is 105 Å². The number of aromatic nitrogens is 2. The van der Waals surface area contributed by atoms with Crippen molar-refractivity contribution in [2.45, 2.75) is 102 Å². The zero-order valence-electron chi connectivity index (χ0n) is 41.3. The van der Waals surface area contributed by atoms with Gasteiger partial charge in [0.05, 0.1) is 23.2 Å². The number of benzene rings is 2. The Morgan fingerprint density at radius 3 is 1.36 bits per heavy atom. The van der Waals surface area contributed by atoms with Crippen molar-refractivity contribution >= 4 is 52.8 Å². The summed E-state index contributed by atoms with van der Waals surface area (Å²) >= 11 is 3.47. The molecule has 3 N–H and O–H groups in total. The lowest BCUT2D eigenvalue weighted by Gasteiger charge is -2.43. The SMILES string of the molecule is CC(C)(C)OC(=O)N1CCC(C(CO)N2CCC(c3nccs3)CC2)CC1.O=C(/C=C/c1cc(F)cc(F)c1)N1CCC(C(CO)N2CCC(c3nccs3)CC2)CC1.O=C(O)/C=C/c1cc(F)cc(F)c1. The minimum atomic E-state index is -1.16. The molecule has 0 saturated carbocycles. The van der Waals surface area contributed by atoms with Crippen LogP contribution in [-0.2, 0) is 14.3 Å². The number of hydrogen-bond donors (Lipinski definition) is 3. The van der Waals surface area contributed by atoms with Crippen molar-refractivity contribution in [2.24, 2.45) is 11.8 Å². The lowest BCUT2D eigenvalue weighted by molar-refractivity contribution is -0.131. The smallest absolute Gasteiger partial charge is 0.410 e. The van der Waals surface area contributed by atoms with E-state index in [2.05, 4.69) is 25.1 Å². The number of aliphatic carboxylic acids is 1. The molecule has 4 aliphatic heterocycles. The second-order valence-electron chi connectivity index (χ2n) is 19.7. The minimum absolute atomic E-state index is 0.121. The van der Waals surface area contributed by atoms with Gasteiger partial charge in [-0.3, -0.25) is 14.6 Å². The van der Waals surface area contributed by atoms with E-state index >= 15 is 0 Å². The van der Waals surface area contributed by atoms with Gasteiger partial charge in [-0.2, -0.15) is 0 Å². The normalized spacial score (nSPS) is 19.1. The number of ether oxygens (including phenoxy) is 1. The number of rotatable bonds is 12. The largest absolute Gasteiger partial charge is 0.478 e. The number of aliphatic hydroxyl groups is 2. The topological polar surface area (TPSA) is 160 Å². The first-order valence-corrected chi connectivity index (χ1v) is 26.5. The Kier molecular flexibility index (Phi) is 21.3. The number of amides is 2. The Balaban J connectivity index is 0.000000191. The number of likely N-dealkylation sites (tertiary alicyclic amines) is 4. The van der Waals surface area contributed by atoms with E-state index in [-0.39, 0.29) is 42.9 Å². The summed E-state index contributed by atoms with van der Waals surface area (Å²) in [5, 5.41) is 34.9. The third-order valence-electron chi connectivity index (χ3n) is 13.7. The molecule has 8 rings (SSSR count). The fourth-order valence-electron chi connectivity index (χ4n) is 10.0. The summed E-state index contributed by atoms with van der Waals surface area (Å²) in [6, 6.07) is 6.33. The van der Waals surface area contributed by atoms with Crippen molar-refractivity contribution in [3.8, 4) is 0 Å². The van der Waals surface area contributed by atoms with Gasteiger partial charge in [0.2, 0.25) is 5.91 Å². The predicted molar refractivity (Wildman–Crippen MR) is 271 cm³/mol.